The zero-order chi connectivity index (χ0) is 9.68. The van der Waals surface area contributed by atoms with E-state index in [1.54, 1.807) is 17.8 Å². The van der Waals surface area contributed by atoms with E-state index >= 15 is 0 Å². The van der Waals surface area contributed by atoms with E-state index in [4.69, 9.17) is 12.7 Å². The fourth-order valence-corrected chi connectivity index (χ4v) is 1.40. The van der Waals surface area contributed by atoms with Crippen molar-refractivity contribution >= 4 is 14.0 Å². The molecule has 0 aromatic heterocycles. The van der Waals surface area contributed by atoms with Crippen molar-refractivity contribution in [1.29, 1.82) is 0 Å². The minimum atomic E-state index is -0.257. The molecule has 0 amide bonds. The first-order valence-corrected chi connectivity index (χ1v) is 4.58. The van der Waals surface area contributed by atoms with Crippen LogP contribution in [0.3, 0.4) is 0 Å². The topological polar surface area (TPSA) is 29.5 Å². The largest absolute Gasteiger partial charge is 0.463 e. The van der Waals surface area contributed by atoms with Crippen LogP contribution in [0, 0.1) is 0 Å². The van der Waals surface area contributed by atoms with Gasteiger partial charge < -0.3 is 9.55 Å². The van der Waals surface area contributed by atoms with E-state index in [-0.39, 0.29) is 5.97 Å². The average molecular weight is 179 g/mol. The van der Waals surface area contributed by atoms with Gasteiger partial charge >= 0.3 is 5.97 Å². The lowest BCUT2D eigenvalue weighted by atomic mass is 10.0. The maximum atomic E-state index is 11.1. The van der Waals surface area contributed by atoms with Crippen LogP contribution in [0.25, 0.3) is 0 Å². The van der Waals surface area contributed by atoms with Gasteiger partial charge in [0.1, 0.15) is 0 Å². The van der Waals surface area contributed by atoms with Gasteiger partial charge in [-0.2, -0.15) is 0 Å². The number of nitrogens with zero attached hydrogens (tertiary/aromatic N) is 1. The lowest BCUT2D eigenvalue weighted by Gasteiger charge is -2.24. The molecule has 0 aromatic carbocycles. The number of esters is 1. The van der Waals surface area contributed by atoms with E-state index < -0.39 is 0 Å². The summed E-state index contributed by atoms with van der Waals surface area (Å²) in [6.07, 6.45) is 3.52. The van der Waals surface area contributed by atoms with Gasteiger partial charge in [-0.1, -0.05) is 5.57 Å². The standard InChI is InChI=1S/C9H14BNO2/c1-2-13-9(12)6-8-4-3-5-11(10)7-8/h6H,2-5,7H2,1H3. The maximum absolute atomic E-state index is 11.1. The molecule has 4 heteroatoms. The third kappa shape index (κ3) is 3.64. The van der Waals surface area contributed by atoms with Crippen LogP contribution in [0.15, 0.2) is 11.6 Å². The first-order valence-electron chi connectivity index (χ1n) is 4.58. The minimum Gasteiger partial charge on any atom is -0.463 e. The highest BCUT2D eigenvalue weighted by molar-refractivity contribution is 6.04. The van der Waals surface area contributed by atoms with Gasteiger partial charge in [0.05, 0.1) is 6.61 Å². The van der Waals surface area contributed by atoms with E-state index in [0.717, 1.165) is 25.0 Å². The Morgan fingerprint density at radius 1 is 1.77 bits per heavy atom. The number of carbonyl (C=O) groups excluding carboxylic acids is 1. The van der Waals surface area contributed by atoms with Gasteiger partial charge in [0, 0.05) is 12.6 Å². The molecule has 0 saturated carbocycles. The molecule has 1 fully saturated rings. The lowest BCUT2D eigenvalue weighted by Crippen LogP contribution is -2.28. The Hall–Kier alpha value is -0.765. The number of hydrogen-bond donors (Lipinski definition) is 0. The molecule has 1 rings (SSSR count). The highest BCUT2D eigenvalue weighted by Crippen LogP contribution is 2.13. The monoisotopic (exact) mass is 179 g/mol. The van der Waals surface area contributed by atoms with Crippen molar-refractivity contribution in [1.82, 2.24) is 4.81 Å². The van der Waals surface area contributed by atoms with Crippen LogP contribution < -0.4 is 0 Å². The van der Waals surface area contributed by atoms with Gasteiger partial charge in [0.2, 0.25) is 0 Å². The quantitative estimate of drug-likeness (QED) is 0.354. The zero-order valence-electron chi connectivity index (χ0n) is 7.95. The summed E-state index contributed by atoms with van der Waals surface area (Å²) in [5.74, 6) is -0.257. The third-order valence-electron chi connectivity index (χ3n) is 1.96. The van der Waals surface area contributed by atoms with Crippen molar-refractivity contribution in [2.24, 2.45) is 0 Å². The summed E-state index contributed by atoms with van der Waals surface area (Å²) in [6.45, 7) is 3.81. The molecule has 13 heavy (non-hydrogen) atoms. The molecule has 1 aliphatic rings. The summed E-state index contributed by atoms with van der Waals surface area (Å²) in [6, 6.07) is 0. The first kappa shape index (κ1) is 10.3. The summed E-state index contributed by atoms with van der Waals surface area (Å²) in [5.41, 5.74) is 1.06. The van der Waals surface area contributed by atoms with E-state index in [9.17, 15) is 4.79 Å². The van der Waals surface area contributed by atoms with E-state index in [0.29, 0.717) is 13.2 Å². The van der Waals surface area contributed by atoms with Crippen molar-refractivity contribution in [3.05, 3.63) is 11.6 Å². The second-order valence-corrected chi connectivity index (χ2v) is 3.13. The highest BCUT2D eigenvalue weighted by Gasteiger charge is 2.11. The Balaban J connectivity index is 2.44. The summed E-state index contributed by atoms with van der Waals surface area (Å²) < 4.78 is 4.81. The van der Waals surface area contributed by atoms with E-state index in [1.807, 2.05) is 0 Å². The molecule has 1 heterocycles. The normalized spacial score (nSPS) is 21.8. The molecular formula is C9H14BNO2. The Morgan fingerprint density at radius 2 is 2.54 bits per heavy atom. The van der Waals surface area contributed by atoms with Crippen LogP contribution in [0.1, 0.15) is 19.8 Å². The molecular weight excluding hydrogens is 165 g/mol. The molecule has 1 aliphatic heterocycles. The summed E-state index contributed by atoms with van der Waals surface area (Å²) >= 11 is 0. The molecule has 0 aliphatic carbocycles. The van der Waals surface area contributed by atoms with Gasteiger partial charge in [0.15, 0.2) is 7.98 Å². The van der Waals surface area contributed by atoms with Crippen LogP contribution in [-0.2, 0) is 9.53 Å². The average Bonchev–Trinajstić information content (AvgIpc) is 2.04. The van der Waals surface area contributed by atoms with Crippen molar-refractivity contribution < 1.29 is 9.53 Å². The highest BCUT2D eigenvalue weighted by atomic mass is 16.5. The smallest absolute Gasteiger partial charge is 0.330 e. The third-order valence-corrected chi connectivity index (χ3v) is 1.96. The lowest BCUT2D eigenvalue weighted by molar-refractivity contribution is -0.137. The molecule has 0 spiro atoms. The van der Waals surface area contributed by atoms with Gasteiger partial charge in [-0.25, -0.2) is 4.79 Å². The van der Waals surface area contributed by atoms with Gasteiger partial charge in [-0.15, -0.1) is 0 Å². The molecule has 2 radical (unpaired) electrons. The molecule has 0 atom stereocenters. The number of piperidine rings is 1. The number of hydrogen-bond acceptors (Lipinski definition) is 3. The van der Waals surface area contributed by atoms with Crippen LogP contribution in [-0.4, -0.2) is 38.5 Å². The first-order chi connectivity index (χ1) is 6.22. The predicted octanol–water partition coefficient (Wildman–Crippen LogP) is 0.655. The van der Waals surface area contributed by atoms with Crippen molar-refractivity contribution in [2.45, 2.75) is 19.8 Å². The molecule has 0 aromatic rings. The van der Waals surface area contributed by atoms with Gasteiger partial charge in [-0.3, -0.25) is 0 Å². The van der Waals surface area contributed by atoms with Crippen LogP contribution in [0.5, 0.6) is 0 Å². The molecule has 0 unspecified atom stereocenters. The molecule has 0 bridgehead atoms. The Morgan fingerprint density at radius 3 is 3.15 bits per heavy atom. The summed E-state index contributed by atoms with van der Waals surface area (Å²) in [4.78, 5) is 12.8. The van der Waals surface area contributed by atoms with E-state index in [2.05, 4.69) is 0 Å². The fourth-order valence-electron chi connectivity index (χ4n) is 1.40. The maximum Gasteiger partial charge on any atom is 0.330 e. The minimum absolute atomic E-state index is 0.257. The second-order valence-electron chi connectivity index (χ2n) is 3.13. The zero-order valence-corrected chi connectivity index (χ0v) is 7.95. The van der Waals surface area contributed by atoms with Crippen molar-refractivity contribution in [3.63, 3.8) is 0 Å². The van der Waals surface area contributed by atoms with Crippen molar-refractivity contribution in [3.8, 4) is 0 Å². The SMILES string of the molecule is [B]N1CCCC(=CC(=O)OCC)C1. The van der Waals surface area contributed by atoms with Gasteiger partial charge in [0.25, 0.3) is 0 Å². The summed E-state index contributed by atoms with van der Waals surface area (Å²) in [5, 5.41) is 0. The van der Waals surface area contributed by atoms with E-state index in [1.165, 1.54) is 0 Å². The molecule has 70 valence electrons. The summed E-state index contributed by atoms with van der Waals surface area (Å²) in [7, 11) is 5.62. The molecule has 0 N–H and O–H groups in total. The Kier molecular flexibility index (Phi) is 4.02. The van der Waals surface area contributed by atoms with Crippen LogP contribution in [0.2, 0.25) is 0 Å². The Labute approximate surface area is 80.2 Å². The number of ether oxygens (including phenoxy) is 1. The van der Waals surface area contributed by atoms with Crippen LogP contribution >= 0.6 is 0 Å². The molecule has 1 saturated heterocycles. The number of carbonyl (C=O) groups is 1. The Bertz CT molecular complexity index is 216. The molecule has 3 nitrogen and oxygen atoms in total. The second kappa shape index (κ2) is 5.07. The fraction of sp³-hybridized carbons (Fsp3) is 0.667. The predicted molar refractivity (Wildman–Crippen MR) is 51.3 cm³/mol. The number of rotatable bonds is 2. The van der Waals surface area contributed by atoms with Gasteiger partial charge in [-0.05, 0) is 26.3 Å². The van der Waals surface area contributed by atoms with Crippen LogP contribution in [0.4, 0.5) is 0 Å². The van der Waals surface area contributed by atoms with Crippen molar-refractivity contribution in [2.75, 3.05) is 19.7 Å².